The molecule has 0 aliphatic heterocycles. The third kappa shape index (κ3) is 8.14. The van der Waals surface area contributed by atoms with Crippen molar-refractivity contribution in [3.8, 4) is 5.75 Å². The van der Waals surface area contributed by atoms with E-state index >= 15 is 0 Å². The fraction of sp³-hybridized carbons (Fsp3) is 0.571. The van der Waals surface area contributed by atoms with Gasteiger partial charge in [0.25, 0.3) is 0 Å². The molecule has 1 unspecified atom stereocenters. The van der Waals surface area contributed by atoms with Crippen molar-refractivity contribution < 1.29 is 22.6 Å². The molecule has 0 aliphatic carbocycles. The summed E-state index contributed by atoms with van der Waals surface area (Å²) in [4.78, 5) is 0. The van der Waals surface area contributed by atoms with Crippen LogP contribution in [0.5, 0.6) is 5.75 Å². The molecule has 0 amide bonds. The van der Waals surface area contributed by atoms with Crippen LogP contribution in [0.4, 0.5) is 13.2 Å². The lowest BCUT2D eigenvalue weighted by molar-refractivity contribution is -0.174. The quantitative estimate of drug-likeness (QED) is 0.743. The summed E-state index contributed by atoms with van der Waals surface area (Å²) in [5, 5.41) is 0.589. The number of alkyl halides is 3. The summed E-state index contributed by atoms with van der Waals surface area (Å²) in [6.45, 7) is 0.903. The van der Waals surface area contributed by atoms with Crippen LogP contribution in [-0.2, 0) is 11.2 Å². The highest BCUT2D eigenvalue weighted by Gasteiger charge is 2.27. The van der Waals surface area contributed by atoms with Crippen LogP contribution in [0.2, 0.25) is 5.02 Å². The van der Waals surface area contributed by atoms with Crippen molar-refractivity contribution >= 4 is 11.6 Å². The number of benzene rings is 1. The first-order chi connectivity index (χ1) is 9.78. The lowest BCUT2D eigenvalue weighted by atomic mass is 10.1. The minimum absolute atomic E-state index is 0.00424. The van der Waals surface area contributed by atoms with Crippen molar-refractivity contribution in [1.29, 1.82) is 0 Å². The largest absolute Gasteiger partial charge is 0.493 e. The van der Waals surface area contributed by atoms with Gasteiger partial charge in [-0.1, -0.05) is 11.6 Å². The van der Waals surface area contributed by atoms with Crippen LogP contribution in [0.3, 0.4) is 0 Å². The molecular weight excluding hydrogens is 307 g/mol. The van der Waals surface area contributed by atoms with E-state index in [1.165, 1.54) is 0 Å². The van der Waals surface area contributed by atoms with Gasteiger partial charge in [0.05, 0.1) is 13.2 Å². The van der Waals surface area contributed by atoms with Gasteiger partial charge >= 0.3 is 6.18 Å². The van der Waals surface area contributed by atoms with E-state index in [1.807, 2.05) is 6.92 Å². The van der Waals surface area contributed by atoms with Gasteiger partial charge in [0, 0.05) is 17.5 Å². The summed E-state index contributed by atoms with van der Waals surface area (Å²) in [6, 6.07) is 5.17. The topological polar surface area (TPSA) is 44.5 Å². The van der Waals surface area contributed by atoms with Crippen molar-refractivity contribution in [2.75, 3.05) is 19.8 Å². The maximum atomic E-state index is 11.9. The summed E-state index contributed by atoms with van der Waals surface area (Å²) in [6.07, 6.45) is -3.31. The Morgan fingerprint density at radius 2 is 2.00 bits per heavy atom. The van der Waals surface area contributed by atoms with Gasteiger partial charge in [-0.05, 0) is 37.1 Å². The third-order valence-corrected chi connectivity index (χ3v) is 2.76. The second kappa shape index (κ2) is 8.46. The highest BCUT2D eigenvalue weighted by atomic mass is 35.5. The summed E-state index contributed by atoms with van der Waals surface area (Å²) in [5.41, 5.74) is 6.64. The van der Waals surface area contributed by atoms with E-state index in [4.69, 9.17) is 22.1 Å². The maximum absolute atomic E-state index is 11.9. The number of rotatable bonds is 8. The Labute approximate surface area is 127 Å². The number of hydrogen-bond donors (Lipinski definition) is 1. The monoisotopic (exact) mass is 325 g/mol. The van der Waals surface area contributed by atoms with Crippen molar-refractivity contribution in [1.82, 2.24) is 0 Å². The molecule has 0 saturated heterocycles. The van der Waals surface area contributed by atoms with E-state index in [-0.39, 0.29) is 19.3 Å². The van der Waals surface area contributed by atoms with Gasteiger partial charge in [0.2, 0.25) is 0 Å². The van der Waals surface area contributed by atoms with Gasteiger partial charge in [-0.2, -0.15) is 13.2 Å². The van der Waals surface area contributed by atoms with Gasteiger partial charge in [-0.15, -0.1) is 0 Å². The van der Waals surface area contributed by atoms with Gasteiger partial charge in [0.1, 0.15) is 12.4 Å². The smallest absolute Gasteiger partial charge is 0.411 e. The average molecular weight is 326 g/mol. The van der Waals surface area contributed by atoms with E-state index in [0.717, 1.165) is 5.56 Å². The molecule has 120 valence electrons. The van der Waals surface area contributed by atoms with E-state index in [9.17, 15) is 13.2 Å². The van der Waals surface area contributed by atoms with Crippen molar-refractivity contribution in [2.24, 2.45) is 5.73 Å². The van der Waals surface area contributed by atoms with E-state index in [0.29, 0.717) is 23.6 Å². The minimum Gasteiger partial charge on any atom is -0.493 e. The van der Waals surface area contributed by atoms with E-state index < -0.39 is 12.8 Å². The van der Waals surface area contributed by atoms with Crippen molar-refractivity contribution in [3.63, 3.8) is 0 Å². The molecule has 1 aromatic rings. The summed E-state index contributed by atoms with van der Waals surface area (Å²) < 4.78 is 45.6. The van der Waals surface area contributed by atoms with Gasteiger partial charge < -0.3 is 15.2 Å². The molecule has 0 saturated carbocycles. The van der Waals surface area contributed by atoms with Gasteiger partial charge in [-0.3, -0.25) is 0 Å². The predicted molar refractivity (Wildman–Crippen MR) is 75.8 cm³/mol. The molecule has 1 atom stereocenters. The van der Waals surface area contributed by atoms with Crippen LogP contribution in [0, 0.1) is 0 Å². The SMILES string of the molecule is CC(N)Cc1cc(Cl)ccc1OCCCOCC(F)(F)F. The molecule has 7 heteroatoms. The molecule has 3 nitrogen and oxygen atoms in total. The average Bonchev–Trinajstić information content (AvgIpc) is 2.33. The molecule has 2 N–H and O–H groups in total. The Kier molecular flexibility index (Phi) is 7.28. The Balaban J connectivity index is 2.38. The molecule has 1 rings (SSSR count). The zero-order chi connectivity index (χ0) is 15.9. The molecule has 0 aromatic heterocycles. The number of ether oxygens (including phenoxy) is 2. The molecular formula is C14H19ClF3NO2. The van der Waals surface area contributed by atoms with Crippen LogP contribution in [0.25, 0.3) is 0 Å². The molecule has 0 radical (unpaired) electrons. The van der Waals surface area contributed by atoms with E-state index in [2.05, 4.69) is 4.74 Å². The third-order valence-electron chi connectivity index (χ3n) is 2.52. The number of hydrogen-bond acceptors (Lipinski definition) is 3. The molecule has 0 heterocycles. The maximum Gasteiger partial charge on any atom is 0.411 e. The highest BCUT2D eigenvalue weighted by molar-refractivity contribution is 6.30. The molecule has 0 aliphatic rings. The highest BCUT2D eigenvalue weighted by Crippen LogP contribution is 2.24. The zero-order valence-corrected chi connectivity index (χ0v) is 12.5. The Morgan fingerprint density at radius 1 is 1.29 bits per heavy atom. The second-order valence-electron chi connectivity index (χ2n) is 4.80. The summed E-state index contributed by atoms with van der Waals surface area (Å²) in [7, 11) is 0. The fourth-order valence-electron chi connectivity index (χ4n) is 1.73. The van der Waals surface area contributed by atoms with Gasteiger partial charge in [-0.25, -0.2) is 0 Å². The first kappa shape index (κ1) is 18.1. The van der Waals surface area contributed by atoms with Crippen LogP contribution < -0.4 is 10.5 Å². The van der Waals surface area contributed by atoms with Crippen LogP contribution in [0.1, 0.15) is 18.9 Å². The Hall–Kier alpha value is -0.980. The Bertz CT molecular complexity index is 439. The standard InChI is InChI=1S/C14H19ClF3NO2/c1-10(19)7-11-8-12(15)3-4-13(11)21-6-2-5-20-9-14(16,17)18/h3-4,8,10H,2,5-7,9,19H2,1H3. The van der Waals surface area contributed by atoms with Crippen molar-refractivity contribution in [2.45, 2.75) is 32.0 Å². The summed E-state index contributed by atoms with van der Waals surface area (Å²) >= 11 is 5.92. The zero-order valence-electron chi connectivity index (χ0n) is 11.8. The normalized spacial score (nSPS) is 13.2. The van der Waals surface area contributed by atoms with Crippen LogP contribution >= 0.6 is 11.6 Å². The molecule has 0 fully saturated rings. The lowest BCUT2D eigenvalue weighted by Crippen LogP contribution is -2.19. The minimum atomic E-state index is -4.29. The number of halogens is 4. The molecule has 0 bridgehead atoms. The molecule has 21 heavy (non-hydrogen) atoms. The van der Waals surface area contributed by atoms with Gasteiger partial charge in [0.15, 0.2) is 0 Å². The van der Waals surface area contributed by atoms with E-state index in [1.54, 1.807) is 18.2 Å². The summed E-state index contributed by atoms with van der Waals surface area (Å²) in [5.74, 6) is 0.646. The fourth-order valence-corrected chi connectivity index (χ4v) is 1.92. The first-order valence-corrected chi connectivity index (χ1v) is 6.97. The number of nitrogens with two attached hydrogens (primary N) is 1. The van der Waals surface area contributed by atoms with Crippen molar-refractivity contribution in [3.05, 3.63) is 28.8 Å². The molecule has 1 aromatic carbocycles. The first-order valence-electron chi connectivity index (χ1n) is 6.59. The molecule has 0 spiro atoms. The predicted octanol–water partition coefficient (Wildman–Crippen LogP) is 3.58. The Morgan fingerprint density at radius 3 is 2.62 bits per heavy atom. The van der Waals surface area contributed by atoms with Crippen LogP contribution in [-0.4, -0.2) is 32.0 Å². The van der Waals surface area contributed by atoms with Crippen LogP contribution in [0.15, 0.2) is 18.2 Å². The second-order valence-corrected chi connectivity index (χ2v) is 5.24. The lowest BCUT2D eigenvalue weighted by Gasteiger charge is -2.14.